The van der Waals surface area contributed by atoms with Crippen LogP contribution in [0.3, 0.4) is 0 Å². The van der Waals surface area contributed by atoms with Gasteiger partial charge < -0.3 is 19.9 Å². The zero-order valence-corrected chi connectivity index (χ0v) is 29.7. The largest absolute Gasteiger partial charge is 0.451 e. The molecule has 0 unspecified atom stereocenters. The van der Waals surface area contributed by atoms with Crippen LogP contribution >= 0.6 is 24.0 Å². The lowest BCUT2D eigenvalue weighted by molar-refractivity contribution is -0.145. The normalized spacial score (nSPS) is 13.7. The van der Waals surface area contributed by atoms with Crippen LogP contribution in [0, 0.1) is 17.2 Å². The first-order valence-corrected chi connectivity index (χ1v) is 15.3. The van der Waals surface area contributed by atoms with Crippen molar-refractivity contribution >= 4 is 40.9 Å². The molecule has 4 aromatic heterocycles. The molecule has 6 rings (SSSR count). The number of hydrogen-bond donors (Lipinski definition) is 3. The second kappa shape index (κ2) is 22.0. The Kier molecular flexibility index (Phi) is 19.3. The number of rotatable bonds is 4. The van der Waals surface area contributed by atoms with Crippen molar-refractivity contribution in [3.8, 4) is 17.3 Å². The van der Waals surface area contributed by atoms with Gasteiger partial charge in [0.2, 0.25) is 5.82 Å². The van der Waals surface area contributed by atoms with Gasteiger partial charge in [-0.3, -0.25) is 9.89 Å². The molecule has 16 heteroatoms. The summed E-state index contributed by atoms with van der Waals surface area (Å²) in [5, 5.41) is 18.4. The first kappa shape index (κ1) is 41.3. The van der Waals surface area contributed by atoms with Crippen LogP contribution in [-0.2, 0) is 17.5 Å². The summed E-state index contributed by atoms with van der Waals surface area (Å²) in [6.07, 6.45) is 7.33. The Balaban J connectivity index is 0.000000701. The van der Waals surface area contributed by atoms with Crippen molar-refractivity contribution in [3.05, 3.63) is 54.3 Å². The van der Waals surface area contributed by atoms with Crippen LogP contribution in [0.1, 0.15) is 76.8 Å². The summed E-state index contributed by atoms with van der Waals surface area (Å²) in [5.74, 6) is -0.785. The van der Waals surface area contributed by atoms with E-state index in [1.807, 2.05) is 45.3 Å². The third kappa shape index (κ3) is 13.5. The second-order valence-corrected chi connectivity index (χ2v) is 10.0. The summed E-state index contributed by atoms with van der Waals surface area (Å²) < 4.78 is 43.2. The molecule has 3 N–H and O–H groups in total. The number of aromatic nitrogens is 7. The van der Waals surface area contributed by atoms with Crippen LogP contribution in [0.2, 0.25) is 0 Å². The van der Waals surface area contributed by atoms with Crippen LogP contribution in [0.4, 0.5) is 13.2 Å². The lowest BCUT2D eigenvalue weighted by Gasteiger charge is -2.27. The lowest BCUT2D eigenvalue weighted by atomic mass is 9.88. The Morgan fingerprint density at radius 2 is 1.85 bits per heavy atom. The van der Waals surface area contributed by atoms with Gasteiger partial charge in [0.05, 0.1) is 30.3 Å². The predicted octanol–water partition coefficient (Wildman–Crippen LogP) is 6.65. The molecule has 0 aromatic carbocycles. The summed E-state index contributed by atoms with van der Waals surface area (Å²) in [7, 11) is 1.34. The first-order valence-electron chi connectivity index (χ1n) is 15.3. The van der Waals surface area contributed by atoms with Gasteiger partial charge in [0.15, 0.2) is 0 Å². The molecule has 1 aliphatic carbocycles. The quantitative estimate of drug-likeness (QED) is 0.193. The van der Waals surface area contributed by atoms with Crippen molar-refractivity contribution in [1.82, 2.24) is 45.3 Å². The van der Waals surface area contributed by atoms with E-state index in [4.69, 9.17) is 10.00 Å². The predicted molar refractivity (Wildman–Crippen MR) is 186 cm³/mol. The number of alkyl halides is 3. The highest BCUT2D eigenvalue weighted by Gasteiger charge is 2.36. The van der Waals surface area contributed by atoms with Gasteiger partial charge in [0.25, 0.3) is 5.91 Å². The topological polar surface area (TPSA) is 161 Å². The molecule has 0 atom stereocenters. The highest BCUT2D eigenvalue weighted by Crippen LogP contribution is 2.27. The van der Waals surface area contributed by atoms with Crippen LogP contribution in [0.5, 0.6) is 0 Å². The molecule has 1 aliphatic heterocycles. The Bertz CT molecular complexity index is 1490. The number of ether oxygens (including phenoxy) is 1. The minimum Gasteiger partial charge on any atom is -0.378 e. The first-order chi connectivity index (χ1) is 22.2. The standard InChI is InChI=1S/C12H15F3N4O2.C9H7N5.C5H10.C3H5N.C2H6.HI.H2/c1-21-7-8-6-9(18-11(17-8)12(13,14)15)10(20)19-4-2-16-3-5-19;1-2-10-9-7(1)8(11-5-12-9)6-3-13-14-4-6;1-5-3-2-4-5;1-2-3-4;1-2;;/h6,16H,2-5,7H2,1H3;1-5H,(H,13,14)(H,10,11,12);5H,2-4H2,1H3;2H2,1H3;1-2H3;2*1H. The summed E-state index contributed by atoms with van der Waals surface area (Å²) in [5.41, 5.74) is 2.47. The molecule has 1 amide bonds. The number of carbonyl (C=O) groups excluding carboxylic acids is 1. The molecule has 4 aromatic rings. The van der Waals surface area contributed by atoms with E-state index in [2.05, 4.69) is 47.4 Å². The molecule has 12 nitrogen and oxygen atoms in total. The van der Waals surface area contributed by atoms with Crippen LogP contribution in [-0.4, -0.2) is 79.2 Å². The van der Waals surface area contributed by atoms with E-state index >= 15 is 0 Å². The molecule has 0 radical (unpaired) electrons. The number of nitrogens with zero attached hydrogens (tertiary/aromatic N) is 7. The maximum Gasteiger partial charge on any atom is 0.451 e. The zero-order chi connectivity index (χ0) is 34.0. The molecule has 1 saturated carbocycles. The molecule has 2 aliphatic rings. The summed E-state index contributed by atoms with van der Waals surface area (Å²) in [4.78, 5) is 31.8. The van der Waals surface area contributed by atoms with E-state index in [1.165, 1.54) is 37.3 Å². The Morgan fingerprint density at radius 1 is 1.19 bits per heavy atom. The van der Waals surface area contributed by atoms with Gasteiger partial charge in [-0.05, 0) is 18.1 Å². The molecule has 0 bridgehead atoms. The fourth-order valence-corrected chi connectivity index (χ4v) is 4.08. The highest BCUT2D eigenvalue weighted by atomic mass is 127. The lowest BCUT2D eigenvalue weighted by Crippen LogP contribution is -2.46. The van der Waals surface area contributed by atoms with Crippen molar-refractivity contribution in [3.63, 3.8) is 0 Å². The number of hydrogen-bond acceptors (Lipinski definition) is 9. The summed E-state index contributed by atoms with van der Waals surface area (Å²) in [6.45, 7) is 10.1. The van der Waals surface area contributed by atoms with Crippen molar-refractivity contribution in [2.75, 3.05) is 33.3 Å². The Morgan fingerprint density at radius 3 is 2.36 bits per heavy atom. The van der Waals surface area contributed by atoms with Crippen molar-refractivity contribution in [1.29, 1.82) is 5.26 Å². The monoisotopic (exact) mass is 774 g/mol. The minimum absolute atomic E-state index is 0. The van der Waals surface area contributed by atoms with Gasteiger partial charge >= 0.3 is 6.18 Å². The van der Waals surface area contributed by atoms with E-state index in [9.17, 15) is 18.0 Å². The number of halogens is 4. The van der Waals surface area contributed by atoms with E-state index in [0.29, 0.717) is 32.6 Å². The van der Waals surface area contributed by atoms with Crippen LogP contribution < -0.4 is 5.32 Å². The third-order valence-electron chi connectivity index (χ3n) is 6.63. The third-order valence-corrected chi connectivity index (χ3v) is 6.63. The zero-order valence-electron chi connectivity index (χ0n) is 27.4. The Hall–Kier alpha value is -3.69. The van der Waals surface area contributed by atoms with Crippen molar-refractivity contribution in [2.45, 2.75) is 66.2 Å². The molecule has 0 spiro atoms. The summed E-state index contributed by atoms with van der Waals surface area (Å²) in [6, 6.07) is 5.13. The second-order valence-electron chi connectivity index (χ2n) is 10.0. The maximum atomic E-state index is 12.8. The van der Waals surface area contributed by atoms with Gasteiger partial charge in [0, 0.05) is 64.5 Å². The van der Waals surface area contributed by atoms with Gasteiger partial charge in [0.1, 0.15) is 17.7 Å². The number of nitrogens with one attached hydrogen (secondary N) is 3. The molecular weight excluding hydrogens is 728 g/mol. The average Bonchev–Trinajstić information content (AvgIpc) is 3.78. The molecule has 47 heavy (non-hydrogen) atoms. The van der Waals surface area contributed by atoms with Crippen LogP contribution in [0.15, 0.2) is 37.1 Å². The fourth-order valence-electron chi connectivity index (χ4n) is 4.08. The number of amides is 1. The highest BCUT2D eigenvalue weighted by molar-refractivity contribution is 14.0. The Labute approximate surface area is 291 Å². The van der Waals surface area contributed by atoms with Crippen molar-refractivity contribution < 1.29 is 24.1 Å². The molecule has 2 fully saturated rings. The fraction of sp³-hybridized carbons (Fsp3) is 0.516. The number of H-pyrrole nitrogens is 2. The molecule has 260 valence electrons. The molecule has 5 heterocycles. The van der Waals surface area contributed by atoms with E-state index in [1.54, 1.807) is 12.5 Å². The van der Waals surface area contributed by atoms with Gasteiger partial charge in [-0.1, -0.05) is 47.0 Å². The van der Waals surface area contributed by atoms with Crippen molar-refractivity contribution in [2.24, 2.45) is 5.92 Å². The van der Waals surface area contributed by atoms with E-state index in [-0.39, 0.29) is 43.4 Å². The molecule has 1 saturated heterocycles. The number of fused-ring (bicyclic) bond motifs is 1. The maximum absolute atomic E-state index is 12.8. The van der Waals surface area contributed by atoms with E-state index in [0.717, 1.165) is 28.2 Å². The average molecular weight is 775 g/mol. The van der Waals surface area contributed by atoms with Gasteiger partial charge in [-0.25, -0.2) is 19.9 Å². The van der Waals surface area contributed by atoms with Gasteiger partial charge in [-0.2, -0.15) is 23.5 Å². The SMILES string of the molecule is CC.CC1CCC1.CCC#N.COCc1cc(C(=O)N2CCNCC2)nc(C(F)(F)F)n1.I.[HH].c1nc(-c2cn[nH]c2)c2cc[nH]c2n1. The minimum atomic E-state index is -4.71. The van der Waals surface area contributed by atoms with E-state index < -0.39 is 17.9 Å². The number of nitriles is 1. The number of methoxy groups -OCH3 is 1. The van der Waals surface area contributed by atoms with Gasteiger partial charge in [-0.15, -0.1) is 24.0 Å². The van der Waals surface area contributed by atoms with Crippen LogP contribution in [0.25, 0.3) is 22.3 Å². The number of aromatic amines is 2. The number of piperazine rings is 1. The summed E-state index contributed by atoms with van der Waals surface area (Å²) >= 11 is 0. The molecular formula is C31H46F3IN10O2. The smallest absolute Gasteiger partial charge is 0.378 e. The number of carbonyl (C=O) groups is 1.